The Morgan fingerprint density at radius 3 is 2.76 bits per heavy atom. The van der Waals surface area contributed by atoms with Crippen LogP contribution < -0.4 is 4.73 Å². The van der Waals surface area contributed by atoms with Crippen molar-refractivity contribution in [3.63, 3.8) is 0 Å². The lowest BCUT2D eigenvalue weighted by atomic mass is 9.74. The highest BCUT2D eigenvalue weighted by Gasteiger charge is 2.52. The fourth-order valence-electron chi connectivity index (χ4n) is 3.86. The number of ether oxygens (including phenoxy) is 1. The molecule has 0 N–H and O–H groups in total. The van der Waals surface area contributed by atoms with Crippen molar-refractivity contribution in [1.29, 1.82) is 0 Å². The number of benzene rings is 1. The summed E-state index contributed by atoms with van der Waals surface area (Å²) < 4.78 is 45.4. The molecule has 0 radical (unpaired) electrons. The summed E-state index contributed by atoms with van der Waals surface area (Å²) in [6, 6.07) is 4.58. The van der Waals surface area contributed by atoms with Crippen LogP contribution in [-0.4, -0.2) is 16.3 Å². The van der Waals surface area contributed by atoms with E-state index >= 15 is 0 Å². The zero-order chi connectivity index (χ0) is 18.0. The molecule has 2 aromatic rings. The van der Waals surface area contributed by atoms with E-state index in [0.717, 1.165) is 25.0 Å². The number of aromatic nitrogens is 3. The third-order valence-electron chi connectivity index (χ3n) is 5.14. The molecular weight excluding hydrogens is 335 g/mol. The number of halogens is 3. The topological polar surface area (TPSA) is 62.0 Å². The number of rotatable bonds is 1. The van der Waals surface area contributed by atoms with E-state index in [-0.39, 0.29) is 23.4 Å². The maximum Gasteiger partial charge on any atom is 0.416 e. The van der Waals surface area contributed by atoms with Crippen LogP contribution in [0.4, 0.5) is 13.2 Å². The highest BCUT2D eigenvalue weighted by molar-refractivity contribution is 5.54. The lowest BCUT2D eigenvalue weighted by Crippen LogP contribution is -2.53. The zero-order valence-electron chi connectivity index (χ0n) is 13.7. The van der Waals surface area contributed by atoms with Crippen LogP contribution in [0.5, 0.6) is 0 Å². The molecule has 5 nitrogen and oxygen atoms in total. The Kier molecular flexibility index (Phi) is 3.34. The van der Waals surface area contributed by atoms with Crippen molar-refractivity contribution in [1.82, 2.24) is 10.2 Å². The average molecular weight is 351 g/mol. The molecule has 1 aliphatic carbocycles. The average Bonchev–Trinajstić information content (AvgIpc) is 2.54. The molecule has 0 spiro atoms. The minimum atomic E-state index is -4.49. The second kappa shape index (κ2) is 5.14. The summed E-state index contributed by atoms with van der Waals surface area (Å²) in [5, 5.41) is 21.0. The van der Waals surface area contributed by atoms with Gasteiger partial charge in [-0.2, -0.15) is 13.2 Å². The Morgan fingerprint density at radius 1 is 1.32 bits per heavy atom. The first-order chi connectivity index (χ1) is 11.7. The van der Waals surface area contributed by atoms with Crippen molar-refractivity contribution in [3.05, 3.63) is 46.4 Å². The first-order valence-corrected chi connectivity index (χ1v) is 8.07. The molecule has 0 saturated carbocycles. The Hall–Kier alpha value is -2.22. The van der Waals surface area contributed by atoms with E-state index in [1.54, 1.807) is 0 Å². The van der Waals surface area contributed by atoms with Gasteiger partial charge in [0.15, 0.2) is 5.69 Å². The van der Waals surface area contributed by atoms with Gasteiger partial charge in [-0.3, -0.25) is 0 Å². The van der Waals surface area contributed by atoms with E-state index in [9.17, 15) is 18.4 Å². The van der Waals surface area contributed by atoms with E-state index in [4.69, 9.17) is 4.74 Å². The molecule has 132 valence electrons. The second-order valence-electron chi connectivity index (χ2n) is 6.83. The van der Waals surface area contributed by atoms with Crippen LogP contribution in [0.15, 0.2) is 24.3 Å². The van der Waals surface area contributed by atoms with E-state index in [0.29, 0.717) is 16.1 Å². The van der Waals surface area contributed by atoms with Crippen LogP contribution in [0.1, 0.15) is 49.6 Å². The van der Waals surface area contributed by atoms with Crippen molar-refractivity contribution >= 4 is 0 Å². The highest BCUT2D eigenvalue weighted by Crippen LogP contribution is 2.49. The SMILES string of the molecule is CC1OC2(C)CCC1c1c2nnc(-c2cccc(C(F)(F)F)c2)[n+]1[O-]. The maximum absolute atomic E-state index is 12.9. The summed E-state index contributed by atoms with van der Waals surface area (Å²) in [5.74, 6) is -0.248. The van der Waals surface area contributed by atoms with E-state index in [1.165, 1.54) is 12.1 Å². The van der Waals surface area contributed by atoms with Crippen molar-refractivity contribution in [2.45, 2.75) is 50.5 Å². The summed E-state index contributed by atoms with van der Waals surface area (Å²) >= 11 is 0. The summed E-state index contributed by atoms with van der Waals surface area (Å²) in [5.41, 5.74) is -0.438. The minimum absolute atomic E-state index is 0.0975. The molecule has 5 rings (SSSR count). The fraction of sp³-hybridized carbons (Fsp3) is 0.471. The molecule has 3 unspecified atom stereocenters. The largest absolute Gasteiger partial charge is 0.710 e. The number of hydrogen-bond donors (Lipinski definition) is 0. The molecule has 3 heterocycles. The van der Waals surface area contributed by atoms with Crippen molar-refractivity contribution in [2.75, 3.05) is 0 Å². The number of nitrogens with zero attached hydrogens (tertiary/aromatic N) is 3. The molecule has 1 aromatic heterocycles. The summed E-state index contributed by atoms with van der Waals surface area (Å²) in [4.78, 5) is 0. The number of hydrogen-bond acceptors (Lipinski definition) is 4. The molecule has 3 aliphatic rings. The van der Waals surface area contributed by atoms with E-state index < -0.39 is 17.3 Å². The molecule has 2 aliphatic heterocycles. The first-order valence-electron chi connectivity index (χ1n) is 8.07. The highest BCUT2D eigenvalue weighted by atomic mass is 19.4. The quantitative estimate of drug-likeness (QED) is 0.584. The number of alkyl halides is 3. The Morgan fingerprint density at radius 2 is 2.08 bits per heavy atom. The van der Waals surface area contributed by atoms with E-state index in [2.05, 4.69) is 10.2 Å². The summed E-state index contributed by atoms with van der Waals surface area (Å²) in [7, 11) is 0. The fourth-order valence-corrected chi connectivity index (χ4v) is 3.86. The predicted octanol–water partition coefficient (Wildman–Crippen LogP) is 3.31. The third-order valence-corrected chi connectivity index (χ3v) is 5.14. The van der Waals surface area contributed by atoms with Crippen LogP contribution in [0.3, 0.4) is 0 Å². The van der Waals surface area contributed by atoms with Gasteiger partial charge in [-0.05, 0) is 50.0 Å². The van der Waals surface area contributed by atoms with Gasteiger partial charge in [0.05, 0.1) is 22.3 Å². The summed E-state index contributed by atoms with van der Waals surface area (Å²) in [6.45, 7) is 3.77. The molecule has 3 atom stereocenters. The van der Waals surface area contributed by atoms with Gasteiger partial charge in [0.25, 0.3) is 0 Å². The molecule has 1 saturated heterocycles. The Bertz CT molecular complexity index is 856. The Balaban J connectivity index is 1.87. The van der Waals surface area contributed by atoms with Crippen LogP contribution in [0, 0.1) is 5.21 Å². The van der Waals surface area contributed by atoms with Gasteiger partial charge in [-0.15, -0.1) is 0 Å². The molecular formula is C17H16F3N3O2. The molecule has 25 heavy (non-hydrogen) atoms. The molecule has 2 bridgehead atoms. The normalized spacial score (nSPS) is 28.0. The number of fused-ring (bicyclic) bond motifs is 2. The third kappa shape index (κ3) is 2.38. The summed E-state index contributed by atoms with van der Waals surface area (Å²) in [6.07, 6.45) is -3.11. The van der Waals surface area contributed by atoms with Crippen molar-refractivity contribution in [3.8, 4) is 11.4 Å². The van der Waals surface area contributed by atoms with Gasteiger partial charge in [0.1, 0.15) is 11.3 Å². The van der Waals surface area contributed by atoms with Gasteiger partial charge in [-0.1, -0.05) is 6.07 Å². The molecule has 8 heteroatoms. The van der Waals surface area contributed by atoms with Gasteiger partial charge in [0, 0.05) is 5.92 Å². The van der Waals surface area contributed by atoms with Gasteiger partial charge >= 0.3 is 12.0 Å². The van der Waals surface area contributed by atoms with Crippen molar-refractivity contribution < 1.29 is 22.6 Å². The molecule has 0 amide bonds. The van der Waals surface area contributed by atoms with Crippen LogP contribution in [-0.2, 0) is 16.5 Å². The lowest BCUT2D eigenvalue weighted by molar-refractivity contribution is -0.612. The minimum Gasteiger partial charge on any atom is -0.710 e. The van der Waals surface area contributed by atoms with Gasteiger partial charge in [-0.25, -0.2) is 4.73 Å². The smallest absolute Gasteiger partial charge is 0.416 e. The first kappa shape index (κ1) is 16.3. The van der Waals surface area contributed by atoms with Crippen LogP contribution in [0.2, 0.25) is 0 Å². The lowest BCUT2D eigenvalue weighted by Gasteiger charge is -2.46. The van der Waals surface area contributed by atoms with Crippen molar-refractivity contribution in [2.24, 2.45) is 0 Å². The van der Waals surface area contributed by atoms with Gasteiger partial charge in [0.2, 0.25) is 0 Å². The molecule has 1 aromatic carbocycles. The zero-order valence-corrected chi connectivity index (χ0v) is 13.7. The molecule has 1 fully saturated rings. The standard InChI is InChI=1S/C17H16F3N3O2/c1-9-12-6-7-16(2,25-9)14-13(12)23(24)15(22-21-14)10-4-3-5-11(8-10)17(18,19)20/h3-5,8-9,12H,6-7H2,1-2H3. The second-order valence-corrected chi connectivity index (χ2v) is 6.83. The van der Waals surface area contributed by atoms with Crippen LogP contribution in [0.25, 0.3) is 11.4 Å². The predicted molar refractivity (Wildman–Crippen MR) is 81.3 cm³/mol. The maximum atomic E-state index is 12.9. The Labute approximate surface area is 142 Å². The van der Waals surface area contributed by atoms with E-state index in [1.807, 2.05) is 13.8 Å². The van der Waals surface area contributed by atoms with Crippen LogP contribution >= 0.6 is 0 Å². The van der Waals surface area contributed by atoms with Gasteiger partial charge < -0.3 is 9.94 Å². The monoisotopic (exact) mass is 351 g/mol.